The fraction of sp³-hybridized carbons (Fsp3) is 0.923. The minimum atomic E-state index is -0.530. The van der Waals surface area contributed by atoms with Gasteiger partial charge in [-0.15, -0.1) is 0 Å². The number of hydrogen-bond donors (Lipinski definition) is 2. The third-order valence-corrected chi connectivity index (χ3v) is 3.62. The summed E-state index contributed by atoms with van der Waals surface area (Å²) in [5.41, 5.74) is -0.530. The Labute approximate surface area is 104 Å². The number of ether oxygens (including phenoxy) is 1. The van der Waals surface area contributed by atoms with Crippen LogP contribution in [-0.4, -0.2) is 36.9 Å². The molecule has 0 radical (unpaired) electrons. The molecular formula is C13H25NO3. The van der Waals surface area contributed by atoms with Crippen LogP contribution in [0.4, 0.5) is 0 Å². The molecule has 17 heavy (non-hydrogen) atoms. The largest absolute Gasteiger partial charge is 0.469 e. The lowest BCUT2D eigenvalue weighted by Crippen LogP contribution is -2.43. The maximum Gasteiger partial charge on any atom is 0.305 e. The summed E-state index contributed by atoms with van der Waals surface area (Å²) in [4.78, 5) is 10.9. The quantitative estimate of drug-likeness (QED) is 0.548. The molecule has 0 bridgehead atoms. The van der Waals surface area contributed by atoms with Crippen LogP contribution in [0, 0.1) is 5.92 Å². The van der Waals surface area contributed by atoms with E-state index in [2.05, 4.69) is 17.0 Å². The molecule has 1 rings (SSSR count). The van der Waals surface area contributed by atoms with Gasteiger partial charge in [-0.25, -0.2) is 0 Å². The molecule has 2 N–H and O–H groups in total. The summed E-state index contributed by atoms with van der Waals surface area (Å²) in [6.45, 7) is 3.64. The van der Waals surface area contributed by atoms with Gasteiger partial charge in [0.1, 0.15) is 0 Å². The molecule has 0 amide bonds. The number of esters is 1. The van der Waals surface area contributed by atoms with Crippen LogP contribution in [0.5, 0.6) is 0 Å². The molecule has 1 saturated carbocycles. The van der Waals surface area contributed by atoms with Crippen molar-refractivity contribution in [2.75, 3.05) is 20.2 Å². The van der Waals surface area contributed by atoms with Crippen LogP contribution in [-0.2, 0) is 9.53 Å². The maximum absolute atomic E-state index is 10.9. The molecule has 0 atom stereocenters. The Morgan fingerprint density at radius 2 is 2.12 bits per heavy atom. The molecule has 0 saturated heterocycles. The summed E-state index contributed by atoms with van der Waals surface area (Å²) in [5.74, 6) is 0.576. The summed E-state index contributed by atoms with van der Waals surface area (Å²) in [5, 5.41) is 13.5. The SMILES string of the molecule is COC(=O)CCCNCC1(O)CCC(C)CC1. The molecule has 1 fully saturated rings. The van der Waals surface area contributed by atoms with Crippen molar-refractivity contribution in [1.29, 1.82) is 0 Å². The molecule has 4 nitrogen and oxygen atoms in total. The first-order valence-electron chi connectivity index (χ1n) is 6.56. The molecule has 0 spiro atoms. The average Bonchev–Trinajstić information content (AvgIpc) is 2.32. The third-order valence-electron chi connectivity index (χ3n) is 3.62. The standard InChI is InChI=1S/C13H25NO3/c1-11-5-7-13(16,8-6-11)10-14-9-3-4-12(15)17-2/h11,14,16H,3-10H2,1-2H3. The monoisotopic (exact) mass is 243 g/mol. The van der Waals surface area contributed by atoms with Gasteiger partial charge in [-0.1, -0.05) is 6.92 Å². The third kappa shape index (κ3) is 5.50. The lowest BCUT2D eigenvalue weighted by atomic mass is 9.79. The van der Waals surface area contributed by atoms with E-state index in [0.29, 0.717) is 13.0 Å². The Hall–Kier alpha value is -0.610. The molecule has 100 valence electrons. The van der Waals surface area contributed by atoms with E-state index in [1.165, 1.54) is 7.11 Å². The first-order valence-corrected chi connectivity index (χ1v) is 6.56. The van der Waals surface area contributed by atoms with Crippen molar-refractivity contribution in [2.45, 2.75) is 51.0 Å². The van der Waals surface area contributed by atoms with Gasteiger partial charge < -0.3 is 15.2 Å². The molecule has 0 heterocycles. The lowest BCUT2D eigenvalue weighted by molar-refractivity contribution is -0.140. The second-order valence-electron chi connectivity index (χ2n) is 5.26. The van der Waals surface area contributed by atoms with Crippen LogP contribution in [0.25, 0.3) is 0 Å². The van der Waals surface area contributed by atoms with Crippen LogP contribution in [0.1, 0.15) is 45.4 Å². The highest BCUT2D eigenvalue weighted by Crippen LogP contribution is 2.31. The molecule has 0 aliphatic heterocycles. The Kier molecular flexibility index (Phi) is 5.92. The zero-order valence-corrected chi connectivity index (χ0v) is 11.0. The van der Waals surface area contributed by atoms with E-state index >= 15 is 0 Å². The topological polar surface area (TPSA) is 58.6 Å². The van der Waals surface area contributed by atoms with Gasteiger partial charge in [0.15, 0.2) is 0 Å². The summed E-state index contributed by atoms with van der Waals surface area (Å²) in [6.07, 6.45) is 5.20. The van der Waals surface area contributed by atoms with Gasteiger partial charge in [-0.2, -0.15) is 0 Å². The smallest absolute Gasteiger partial charge is 0.305 e. The Bertz CT molecular complexity index is 235. The van der Waals surface area contributed by atoms with E-state index in [4.69, 9.17) is 0 Å². The zero-order chi connectivity index (χ0) is 12.7. The average molecular weight is 243 g/mol. The van der Waals surface area contributed by atoms with Crippen molar-refractivity contribution in [1.82, 2.24) is 5.32 Å². The van der Waals surface area contributed by atoms with Gasteiger partial charge in [0, 0.05) is 13.0 Å². The number of carbonyl (C=O) groups is 1. The number of carbonyl (C=O) groups excluding carboxylic acids is 1. The van der Waals surface area contributed by atoms with Crippen molar-refractivity contribution in [2.24, 2.45) is 5.92 Å². The molecule has 0 aromatic rings. The molecule has 1 aliphatic carbocycles. The van der Waals surface area contributed by atoms with E-state index in [1.807, 2.05) is 0 Å². The van der Waals surface area contributed by atoms with E-state index in [1.54, 1.807) is 0 Å². The maximum atomic E-state index is 10.9. The Morgan fingerprint density at radius 3 is 2.71 bits per heavy atom. The van der Waals surface area contributed by atoms with Crippen LogP contribution in [0.2, 0.25) is 0 Å². The Morgan fingerprint density at radius 1 is 1.47 bits per heavy atom. The van der Waals surface area contributed by atoms with Crippen molar-refractivity contribution >= 4 is 5.97 Å². The van der Waals surface area contributed by atoms with Gasteiger partial charge in [0.25, 0.3) is 0 Å². The van der Waals surface area contributed by atoms with E-state index in [9.17, 15) is 9.90 Å². The number of hydrogen-bond acceptors (Lipinski definition) is 4. The van der Waals surface area contributed by atoms with Gasteiger partial charge in [-0.3, -0.25) is 4.79 Å². The zero-order valence-electron chi connectivity index (χ0n) is 11.0. The predicted octanol–water partition coefficient (Wildman–Crippen LogP) is 1.47. The van der Waals surface area contributed by atoms with Crippen LogP contribution >= 0.6 is 0 Å². The predicted molar refractivity (Wildman–Crippen MR) is 66.7 cm³/mol. The molecule has 4 heteroatoms. The highest BCUT2D eigenvalue weighted by molar-refractivity contribution is 5.69. The lowest BCUT2D eigenvalue weighted by Gasteiger charge is -2.35. The van der Waals surface area contributed by atoms with E-state index in [0.717, 1.165) is 44.6 Å². The van der Waals surface area contributed by atoms with E-state index in [-0.39, 0.29) is 5.97 Å². The van der Waals surface area contributed by atoms with Crippen molar-refractivity contribution in [3.8, 4) is 0 Å². The normalized spacial score (nSPS) is 29.0. The summed E-state index contributed by atoms with van der Waals surface area (Å²) in [7, 11) is 1.40. The van der Waals surface area contributed by atoms with Gasteiger partial charge in [-0.05, 0) is 44.6 Å². The first-order chi connectivity index (χ1) is 8.06. The summed E-state index contributed by atoms with van der Waals surface area (Å²) in [6, 6.07) is 0. The second-order valence-corrected chi connectivity index (χ2v) is 5.26. The van der Waals surface area contributed by atoms with Crippen molar-refractivity contribution in [3.63, 3.8) is 0 Å². The summed E-state index contributed by atoms with van der Waals surface area (Å²) < 4.78 is 4.56. The van der Waals surface area contributed by atoms with Gasteiger partial charge in [0.2, 0.25) is 0 Å². The first kappa shape index (κ1) is 14.5. The highest BCUT2D eigenvalue weighted by Gasteiger charge is 2.30. The summed E-state index contributed by atoms with van der Waals surface area (Å²) >= 11 is 0. The number of nitrogens with one attached hydrogen (secondary N) is 1. The second kappa shape index (κ2) is 6.97. The van der Waals surface area contributed by atoms with Crippen LogP contribution in [0.15, 0.2) is 0 Å². The molecule has 1 aliphatic rings. The highest BCUT2D eigenvalue weighted by atomic mass is 16.5. The Balaban J connectivity index is 2.07. The van der Waals surface area contributed by atoms with Crippen molar-refractivity contribution in [3.05, 3.63) is 0 Å². The van der Waals surface area contributed by atoms with E-state index < -0.39 is 5.60 Å². The number of aliphatic hydroxyl groups is 1. The molecular weight excluding hydrogens is 218 g/mol. The number of methoxy groups -OCH3 is 1. The van der Waals surface area contributed by atoms with Crippen LogP contribution < -0.4 is 5.32 Å². The van der Waals surface area contributed by atoms with Gasteiger partial charge in [0.05, 0.1) is 12.7 Å². The fourth-order valence-electron chi connectivity index (χ4n) is 2.26. The molecule has 0 aromatic carbocycles. The molecule has 0 aromatic heterocycles. The van der Waals surface area contributed by atoms with Crippen molar-refractivity contribution < 1.29 is 14.6 Å². The number of rotatable bonds is 6. The van der Waals surface area contributed by atoms with Gasteiger partial charge >= 0.3 is 5.97 Å². The minimum absolute atomic E-state index is 0.169. The minimum Gasteiger partial charge on any atom is -0.469 e. The molecule has 0 unspecified atom stereocenters. The van der Waals surface area contributed by atoms with Crippen LogP contribution in [0.3, 0.4) is 0 Å². The fourth-order valence-corrected chi connectivity index (χ4v) is 2.26.